The standard InChI is InChI=1S/C14H21N3O2S/c1-20(18,19)17-8-6-16(7-9-17)14-11-15-10-12-4-2-3-5-13(12)14/h2-5,14-15H,6-11H2,1H3. The van der Waals surface area contributed by atoms with E-state index >= 15 is 0 Å². The highest BCUT2D eigenvalue weighted by molar-refractivity contribution is 7.88. The van der Waals surface area contributed by atoms with Gasteiger partial charge in [-0.3, -0.25) is 4.90 Å². The van der Waals surface area contributed by atoms with Crippen molar-refractivity contribution in [3.05, 3.63) is 35.4 Å². The van der Waals surface area contributed by atoms with Crippen LogP contribution in [0.1, 0.15) is 17.2 Å². The van der Waals surface area contributed by atoms with Crippen LogP contribution in [0.15, 0.2) is 24.3 Å². The Morgan fingerprint density at radius 1 is 1.15 bits per heavy atom. The van der Waals surface area contributed by atoms with Gasteiger partial charge in [-0.1, -0.05) is 24.3 Å². The van der Waals surface area contributed by atoms with Crippen molar-refractivity contribution in [2.45, 2.75) is 12.6 Å². The number of benzene rings is 1. The lowest BCUT2D eigenvalue weighted by Crippen LogP contribution is -2.51. The molecule has 1 atom stereocenters. The second kappa shape index (κ2) is 5.44. The second-order valence-electron chi connectivity index (χ2n) is 5.54. The zero-order valence-electron chi connectivity index (χ0n) is 11.7. The van der Waals surface area contributed by atoms with Crippen LogP contribution in [0.2, 0.25) is 0 Å². The fraction of sp³-hybridized carbons (Fsp3) is 0.571. The number of nitrogens with one attached hydrogen (secondary N) is 1. The lowest BCUT2D eigenvalue weighted by Gasteiger charge is -2.40. The summed E-state index contributed by atoms with van der Waals surface area (Å²) < 4.78 is 24.7. The number of rotatable bonds is 2. The molecule has 3 rings (SSSR count). The Morgan fingerprint density at radius 2 is 1.85 bits per heavy atom. The average molecular weight is 295 g/mol. The lowest BCUT2D eigenvalue weighted by atomic mass is 9.95. The molecule has 0 aromatic heterocycles. The van der Waals surface area contributed by atoms with Gasteiger partial charge in [0.2, 0.25) is 10.0 Å². The van der Waals surface area contributed by atoms with Crippen molar-refractivity contribution >= 4 is 10.0 Å². The van der Waals surface area contributed by atoms with E-state index in [1.54, 1.807) is 4.31 Å². The van der Waals surface area contributed by atoms with Crippen LogP contribution in [0.4, 0.5) is 0 Å². The maximum Gasteiger partial charge on any atom is 0.211 e. The molecule has 20 heavy (non-hydrogen) atoms. The SMILES string of the molecule is CS(=O)(=O)N1CCN(C2CNCc3ccccc32)CC1. The number of piperazine rings is 1. The number of hydrogen-bond acceptors (Lipinski definition) is 4. The summed E-state index contributed by atoms with van der Waals surface area (Å²) in [5, 5.41) is 3.46. The third-order valence-corrected chi connectivity index (χ3v) is 5.55. The van der Waals surface area contributed by atoms with Crippen LogP contribution in [0.3, 0.4) is 0 Å². The third-order valence-electron chi connectivity index (χ3n) is 4.25. The van der Waals surface area contributed by atoms with E-state index in [0.717, 1.165) is 26.2 Å². The van der Waals surface area contributed by atoms with Gasteiger partial charge in [0, 0.05) is 45.3 Å². The molecule has 5 nitrogen and oxygen atoms in total. The quantitative estimate of drug-likeness (QED) is 0.858. The van der Waals surface area contributed by atoms with Gasteiger partial charge in [0.1, 0.15) is 0 Å². The molecule has 2 aliphatic rings. The van der Waals surface area contributed by atoms with E-state index in [-0.39, 0.29) is 0 Å². The Labute approximate surface area is 120 Å². The Hall–Kier alpha value is -0.950. The minimum atomic E-state index is -3.05. The highest BCUT2D eigenvalue weighted by Crippen LogP contribution is 2.28. The maximum absolute atomic E-state index is 11.6. The summed E-state index contributed by atoms with van der Waals surface area (Å²) in [7, 11) is -3.05. The van der Waals surface area contributed by atoms with Gasteiger partial charge in [-0.05, 0) is 11.1 Å². The fourth-order valence-electron chi connectivity index (χ4n) is 3.15. The molecule has 1 saturated heterocycles. The number of nitrogens with zero attached hydrogens (tertiary/aromatic N) is 2. The van der Waals surface area contributed by atoms with Crippen molar-refractivity contribution < 1.29 is 8.42 Å². The normalized spacial score (nSPS) is 25.4. The molecule has 0 bridgehead atoms. The first-order valence-electron chi connectivity index (χ1n) is 7.03. The molecule has 0 amide bonds. The first-order valence-corrected chi connectivity index (χ1v) is 8.88. The first-order chi connectivity index (χ1) is 9.55. The van der Waals surface area contributed by atoms with Crippen LogP contribution < -0.4 is 5.32 Å². The van der Waals surface area contributed by atoms with E-state index in [0.29, 0.717) is 19.1 Å². The zero-order valence-corrected chi connectivity index (χ0v) is 12.6. The summed E-state index contributed by atoms with van der Waals surface area (Å²) >= 11 is 0. The summed E-state index contributed by atoms with van der Waals surface area (Å²) in [4.78, 5) is 2.40. The molecule has 1 unspecified atom stereocenters. The molecule has 1 N–H and O–H groups in total. The zero-order chi connectivity index (χ0) is 14.2. The average Bonchev–Trinajstić information content (AvgIpc) is 2.46. The summed E-state index contributed by atoms with van der Waals surface area (Å²) in [5.41, 5.74) is 2.74. The van der Waals surface area contributed by atoms with E-state index in [2.05, 4.69) is 34.5 Å². The monoisotopic (exact) mass is 295 g/mol. The molecule has 0 radical (unpaired) electrons. The summed E-state index contributed by atoms with van der Waals surface area (Å²) in [6, 6.07) is 8.89. The van der Waals surface area contributed by atoms with Crippen molar-refractivity contribution in [2.24, 2.45) is 0 Å². The molecule has 0 spiro atoms. The molecule has 0 aliphatic carbocycles. The Bertz CT molecular complexity index is 580. The summed E-state index contributed by atoms with van der Waals surface area (Å²) in [5.74, 6) is 0. The molecular weight excluding hydrogens is 274 g/mol. The molecule has 6 heteroatoms. The predicted molar refractivity (Wildman–Crippen MR) is 78.9 cm³/mol. The molecule has 1 aromatic carbocycles. The van der Waals surface area contributed by atoms with Crippen LogP contribution in [-0.2, 0) is 16.6 Å². The van der Waals surface area contributed by atoms with Gasteiger partial charge in [-0.25, -0.2) is 8.42 Å². The van der Waals surface area contributed by atoms with Crippen molar-refractivity contribution in [1.82, 2.24) is 14.5 Å². The molecular formula is C14H21N3O2S. The van der Waals surface area contributed by atoms with Gasteiger partial charge in [-0.15, -0.1) is 0 Å². The first kappa shape index (κ1) is 14.0. The van der Waals surface area contributed by atoms with Crippen molar-refractivity contribution in [1.29, 1.82) is 0 Å². The van der Waals surface area contributed by atoms with Crippen LogP contribution in [0, 0.1) is 0 Å². The smallest absolute Gasteiger partial charge is 0.211 e. The molecule has 2 aliphatic heterocycles. The largest absolute Gasteiger partial charge is 0.311 e. The summed E-state index contributed by atoms with van der Waals surface area (Å²) in [6.45, 7) is 4.66. The van der Waals surface area contributed by atoms with E-state index in [1.165, 1.54) is 17.4 Å². The van der Waals surface area contributed by atoms with Gasteiger partial charge in [0.15, 0.2) is 0 Å². The topological polar surface area (TPSA) is 52.7 Å². The number of sulfonamides is 1. The molecule has 2 heterocycles. The van der Waals surface area contributed by atoms with Gasteiger partial charge >= 0.3 is 0 Å². The maximum atomic E-state index is 11.6. The summed E-state index contributed by atoms with van der Waals surface area (Å²) in [6.07, 6.45) is 1.29. The second-order valence-corrected chi connectivity index (χ2v) is 7.53. The van der Waals surface area contributed by atoms with Crippen molar-refractivity contribution in [3.63, 3.8) is 0 Å². The van der Waals surface area contributed by atoms with Crippen LogP contribution >= 0.6 is 0 Å². The van der Waals surface area contributed by atoms with Gasteiger partial charge in [0.05, 0.1) is 6.26 Å². The van der Waals surface area contributed by atoms with Crippen molar-refractivity contribution in [2.75, 3.05) is 39.0 Å². The number of hydrogen-bond donors (Lipinski definition) is 1. The highest BCUT2D eigenvalue weighted by Gasteiger charge is 2.30. The highest BCUT2D eigenvalue weighted by atomic mass is 32.2. The van der Waals surface area contributed by atoms with Crippen LogP contribution in [-0.4, -0.2) is 56.6 Å². The van der Waals surface area contributed by atoms with E-state index in [9.17, 15) is 8.42 Å². The Morgan fingerprint density at radius 3 is 2.55 bits per heavy atom. The van der Waals surface area contributed by atoms with Crippen molar-refractivity contribution in [3.8, 4) is 0 Å². The predicted octanol–water partition coefficient (Wildman–Crippen LogP) is 0.408. The van der Waals surface area contributed by atoms with E-state index < -0.39 is 10.0 Å². The Balaban J connectivity index is 1.74. The van der Waals surface area contributed by atoms with E-state index in [1.807, 2.05) is 0 Å². The minimum Gasteiger partial charge on any atom is -0.311 e. The van der Waals surface area contributed by atoms with Gasteiger partial charge in [0.25, 0.3) is 0 Å². The fourth-order valence-corrected chi connectivity index (χ4v) is 3.97. The molecule has 110 valence electrons. The van der Waals surface area contributed by atoms with E-state index in [4.69, 9.17) is 0 Å². The molecule has 0 saturated carbocycles. The van der Waals surface area contributed by atoms with Crippen LogP contribution in [0.25, 0.3) is 0 Å². The molecule has 1 aromatic rings. The third kappa shape index (κ3) is 2.74. The minimum absolute atomic E-state index is 0.363. The van der Waals surface area contributed by atoms with Gasteiger partial charge < -0.3 is 5.32 Å². The molecule has 1 fully saturated rings. The van der Waals surface area contributed by atoms with Gasteiger partial charge in [-0.2, -0.15) is 4.31 Å². The lowest BCUT2D eigenvalue weighted by molar-refractivity contribution is 0.130. The van der Waals surface area contributed by atoms with Crippen LogP contribution in [0.5, 0.6) is 0 Å². The number of fused-ring (bicyclic) bond motifs is 1. The Kier molecular flexibility index (Phi) is 3.81.